The minimum absolute atomic E-state index is 1.02. The van der Waals surface area contributed by atoms with E-state index in [4.69, 9.17) is 0 Å². The van der Waals surface area contributed by atoms with Crippen LogP contribution in [0.3, 0.4) is 0 Å². The molecule has 0 fully saturated rings. The zero-order valence-corrected chi connectivity index (χ0v) is 13.0. The first-order valence-electron chi connectivity index (χ1n) is 4.92. The average Bonchev–Trinajstić information content (AvgIpc) is 2.54. The summed E-state index contributed by atoms with van der Waals surface area (Å²) in [6.07, 6.45) is 1.02. The van der Waals surface area contributed by atoms with E-state index in [1.807, 2.05) is 0 Å². The van der Waals surface area contributed by atoms with Crippen molar-refractivity contribution in [3.63, 3.8) is 0 Å². The Balaban J connectivity index is 2.29. The molecule has 0 spiro atoms. The van der Waals surface area contributed by atoms with Crippen LogP contribution in [0.5, 0.6) is 0 Å². The molecule has 0 aromatic heterocycles. The molecule has 3 rings (SSSR count). The van der Waals surface area contributed by atoms with E-state index < -0.39 is 0 Å². The largest absolute Gasteiger partial charge is 0.0529 e. The van der Waals surface area contributed by atoms with Crippen LogP contribution >= 0.6 is 47.8 Å². The van der Waals surface area contributed by atoms with E-state index in [2.05, 4.69) is 78.1 Å². The maximum atomic E-state index is 3.64. The molecule has 2 aromatic rings. The van der Waals surface area contributed by atoms with Crippen molar-refractivity contribution in [1.29, 1.82) is 0 Å². The third-order valence-electron chi connectivity index (χ3n) is 2.85. The molecule has 0 amide bonds. The Morgan fingerprint density at radius 1 is 0.812 bits per heavy atom. The van der Waals surface area contributed by atoms with Crippen LogP contribution in [0.4, 0.5) is 0 Å². The van der Waals surface area contributed by atoms with Crippen molar-refractivity contribution < 1.29 is 0 Å². The lowest BCUT2D eigenvalue weighted by atomic mass is 10.1. The summed E-state index contributed by atoms with van der Waals surface area (Å²) in [5, 5.41) is 0. The second-order valence-electron chi connectivity index (χ2n) is 3.90. The average molecular weight is 403 g/mol. The molecule has 0 aliphatic heterocycles. The third kappa shape index (κ3) is 1.69. The fourth-order valence-electron chi connectivity index (χ4n) is 2.23. The Hall–Kier alpha value is -0.120. The van der Waals surface area contributed by atoms with Gasteiger partial charge in [-0.3, -0.25) is 0 Å². The molecule has 1 aliphatic rings. The molecule has 2 aromatic carbocycles. The van der Waals surface area contributed by atoms with Crippen molar-refractivity contribution in [3.05, 3.63) is 54.9 Å². The van der Waals surface area contributed by atoms with Crippen LogP contribution in [0.1, 0.15) is 11.1 Å². The van der Waals surface area contributed by atoms with Crippen molar-refractivity contribution in [1.82, 2.24) is 0 Å². The molecule has 0 bridgehead atoms. The molecule has 0 nitrogen and oxygen atoms in total. The summed E-state index contributed by atoms with van der Waals surface area (Å²) in [6, 6.07) is 10.8. The fourth-order valence-corrected chi connectivity index (χ4v) is 4.16. The van der Waals surface area contributed by atoms with Crippen LogP contribution in [0.25, 0.3) is 11.1 Å². The highest BCUT2D eigenvalue weighted by molar-refractivity contribution is 9.11. The van der Waals surface area contributed by atoms with E-state index in [9.17, 15) is 0 Å². The highest BCUT2D eigenvalue weighted by Gasteiger charge is 2.21. The highest BCUT2D eigenvalue weighted by atomic mass is 79.9. The van der Waals surface area contributed by atoms with E-state index >= 15 is 0 Å². The van der Waals surface area contributed by atoms with Crippen LogP contribution in [0, 0.1) is 0 Å². The number of fused-ring (bicyclic) bond motifs is 3. The molecular formula is C13H7Br3. The Morgan fingerprint density at radius 3 is 2.38 bits per heavy atom. The predicted molar refractivity (Wildman–Crippen MR) is 77.8 cm³/mol. The Morgan fingerprint density at radius 2 is 1.56 bits per heavy atom. The van der Waals surface area contributed by atoms with Crippen LogP contribution < -0.4 is 0 Å². The number of rotatable bonds is 0. The van der Waals surface area contributed by atoms with Gasteiger partial charge in [0, 0.05) is 13.4 Å². The Labute approximate surface area is 119 Å². The molecule has 0 heterocycles. The van der Waals surface area contributed by atoms with Gasteiger partial charge in [-0.25, -0.2) is 0 Å². The van der Waals surface area contributed by atoms with E-state index in [1.165, 1.54) is 22.3 Å². The molecule has 1 aliphatic carbocycles. The minimum atomic E-state index is 1.02. The second-order valence-corrected chi connectivity index (χ2v) is 6.59. The van der Waals surface area contributed by atoms with E-state index in [0.717, 1.165) is 19.8 Å². The van der Waals surface area contributed by atoms with E-state index in [0.29, 0.717) is 0 Å². The summed E-state index contributed by atoms with van der Waals surface area (Å²) in [6.45, 7) is 0. The number of hydrogen-bond donors (Lipinski definition) is 0. The van der Waals surface area contributed by atoms with Gasteiger partial charge in [0.05, 0.1) is 0 Å². The zero-order valence-electron chi connectivity index (χ0n) is 8.23. The molecule has 0 saturated carbocycles. The van der Waals surface area contributed by atoms with Crippen LogP contribution in [0.2, 0.25) is 0 Å². The number of hydrogen-bond acceptors (Lipinski definition) is 0. The molecule has 3 heteroatoms. The molecule has 80 valence electrons. The summed E-state index contributed by atoms with van der Waals surface area (Å²) in [5.74, 6) is 0. The molecule has 0 N–H and O–H groups in total. The summed E-state index contributed by atoms with van der Waals surface area (Å²) in [4.78, 5) is 0. The molecule has 0 radical (unpaired) electrons. The van der Waals surface area contributed by atoms with Crippen molar-refractivity contribution in [2.45, 2.75) is 6.42 Å². The zero-order chi connectivity index (χ0) is 11.3. The topological polar surface area (TPSA) is 0 Å². The summed E-state index contributed by atoms with van der Waals surface area (Å²) < 4.78 is 3.44. The maximum absolute atomic E-state index is 3.64. The second kappa shape index (κ2) is 3.97. The Bertz CT molecular complexity index is 588. The van der Waals surface area contributed by atoms with Crippen molar-refractivity contribution in [2.75, 3.05) is 0 Å². The van der Waals surface area contributed by atoms with E-state index in [-0.39, 0.29) is 0 Å². The molecule has 16 heavy (non-hydrogen) atoms. The van der Waals surface area contributed by atoms with Gasteiger partial charge >= 0.3 is 0 Å². The minimum Gasteiger partial charge on any atom is -0.0529 e. The Kier molecular flexibility index (Phi) is 2.73. The molecule has 0 atom stereocenters. The maximum Gasteiger partial charge on any atom is 0.0267 e. The van der Waals surface area contributed by atoms with Crippen molar-refractivity contribution in [2.24, 2.45) is 0 Å². The first-order chi connectivity index (χ1) is 7.65. The lowest BCUT2D eigenvalue weighted by Gasteiger charge is -2.05. The van der Waals surface area contributed by atoms with E-state index in [1.54, 1.807) is 0 Å². The summed E-state index contributed by atoms with van der Waals surface area (Å²) in [7, 11) is 0. The van der Waals surface area contributed by atoms with Gasteiger partial charge in [-0.15, -0.1) is 0 Å². The lowest BCUT2D eigenvalue weighted by Crippen LogP contribution is -1.81. The number of halogens is 3. The lowest BCUT2D eigenvalue weighted by molar-refractivity contribution is 1.25. The fraction of sp³-hybridized carbons (Fsp3) is 0.0769. The van der Waals surface area contributed by atoms with Crippen molar-refractivity contribution >= 4 is 47.8 Å². The van der Waals surface area contributed by atoms with Gasteiger partial charge in [0.15, 0.2) is 0 Å². The van der Waals surface area contributed by atoms with Gasteiger partial charge in [0.25, 0.3) is 0 Å². The SMILES string of the molecule is Brc1ccc2c(c1)Cc1cc(Br)cc(Br)c1-2. The highest BCUT2D eigenvalue weighted by Crippen LogP contribution is 2.43. The van der Waals surface area contributed by atoms with Crippen LogP contribution in [0.15, 0.2) is 43.7 Å². The molecular weight excluding hydrogens is 396 g/mol. The van der Waals surface area contributed by atoms with Gasteiger partial charge in [-0.1, -0.05) is 53.9 Å². The molecule has 0 unspecified atom stereocenters. The molecule has 0 saturated heterocycles. The quantitative estimate of drug-likeness (QED) is 0.462. The van der Waals surface area contributed by atoms with Crippen molar-refractivity contribution in [3.8, 4) is 11.1 Å². The third-order valence-corrected chi connectivity index (χ3v) is 4.43. The standard InChI is InChI=1S/C13H7Br3/c14-9-1-2-11-7(4-9)3-8-5-10(15)6-12(16)13(8)11/h1-2,4-6H,3H2. The first-order valence-corrected chi connectivity index (χ1v) is 7.30. The number of benzene rings is 2. The summed E-state index contributed by atoms with van der Waals surface area (Å²) >= 11 is 10.7. The first kappa shape index (κ1) is 11.0. The predicted octanol–water partition coefficient (Wildman–Crippen LogP) is 5.55. The summed E-state index contributed by atoms with van der Waals surface area (Å²) in [5.41, 5.74) is 5.46. The van der Waals surface area contributed by atoms with Crippen LogP contribution in [-0.2, 0) is 6.42 Å². The smallest absolute Gasteiger partial charge is 0.0267 e. The van der Waals surface area contributed by atoms with Gasteiger partial charge < -0.3 is 0 Å². The van der Waals surface area contributed by atoms with Crippen LogP contribution in [-0.4, -0.2) is 0 Å². The monoisotopic (exact) mass is 400 g/mol. The van der Waals surface area contributed by atoms with Gasteiger partial charge in [0.2, 0.25) is 0 Å². The van der Waals surface area contributed by atoms with Gasteiger partial charge in [-0.2, -0.15) is 0 Å². The normalized spacial score (nSPS) is 12.4. The van der Waals surface area contributed by atoms with Gasteiger partial charge in [-0.05, 0) is 52.9 Å². The van der Waals surface area contributed by atoms with Gasteiger partial charge in [0.1, 0.15) is 0 Å².